The number of hydrogen-bond acceptors (Lipinski definition) is 6. The fraction of sp³-hybridized carbons (Fsp3) is 1.00. The van der Waals surface area contributed by atoms with Crippen LogP contribution in [0.4, 0.5) is 0 Å². The van der Waals surface area contributed by atoms with E-state index in [4.69, 9.17) is 24.7 Å². The van der Waals surface area contributed by atoms with E-state index in [1.54, 1.807) is 0 Å². The summed E-state index contributed by atoms with van der Waals surface area (Å²) in [5, 5.41) is 0. The molecule has 0 amide bonds. The minimum atomic E-state index is -0.821. The largest absolute Gasteiger partial charge is 0.449 e. The zero-order chi connectivity index (χ0) is 10.5. The van der Waals surface area contributed by atoms with E-state index in [1.165, 1.54) is 0 Å². The molecule has 14 heavy (non-hydrogen) atoms. The van der Waals surface area contributed by atoms with Crippen LogP contribution in [-0.2, 0) is 24.7 Å². The molecule has 0 unspecified atom stereocenters. The zero-order valence-electron chi connectivity index (χ0n) is 8.69. The molecule has 0 aliphatic heterocycles. The Morgan fingerprint density at radius 3 is 1.57 bits per heavy atom. The smallest absolute Gasteiger partial charge is 0.286 e. The van der Waals surface area contributed by atoms with E-state index in [2.05, 4.69) is 6.55 Å². The Morgan fingerprint density at radius 2 is 1.14 bits per heavy atom. The van der Waals surface area contributed by atoms with Gasteiger partial charge in [-0.25, -0.2) is 0 Å². The lowest BCUT2D eigenvalue weighted by atomic mass is 11.9. The highest BCUT2D eigenvalue weighted by atomic mass is 28.4. The summed E-state index contributed by atoms with van der Waals surface area (Å²) in [5.74, 6) is 0. The fourth-order valence-electron chi connectivity index (χ4n) is 0.538. The Morgan fingerprint density at radius 1 is 0.714 bits per heavy atom. The van der Waals surface area contributed by atoms with Crippen molar-refractivity contribution in [2.75, 3.05) is 0 Å². The molecule has 0 atom stereocenters. The lowest BCUT2D eigenvalue weighted by Gasteiger charge is -2.06. The number of rotatable bonds is 11. The fourth-order valence-corrected chi connectivity index (χ4v) is 10.6. The summed E-state index contributed by atoms with van der Waals surface area (Å²) in [6.45, 7) is 2.10. The molecule has 0 aliphatic carbocycles. The molecule has 0 N–H and O–H groups in total. The summed E-state index contributed by atoms with van der Waals surface area (Å²) in [5.41, 5.74) is 0. The maximum Gasteiger partial charge on any atom is 0.286 e. The highest BCUT2D eigenvalue weighted by Gasteiger charge is 1.92. The van der Waals surface area contributed by atoms with E-state index in [9.17, 15) is 0 Å². The highest BCUT2D eigenvalue weighted by molar-refractivity contribution is 6.48. The minimum Gasteiger partial charge on any atom is -0.449 e. The van der Waals surface area contributed by atoms with Crippen LogP contribution in [0, 0.1) is 0 Å². The number of hydrogen-bond donors (Lipinski definition) is 0. The van der Waals surface area contributed by atoms with Crippen molar-refractivity contribution in [3.63, 3.8) is 0 Å². The van der Waals surface area contributed by atoms with Gasteiger partial charge in [0, 0.05) is 0 Å². The Balaban J connectivity index is 2.78. The van der Waals surface area contributed by atoms with Crippen LogP contribution < -0.4 is 0 Å². The molecule has 0 rings (SSSR count). The third-order valence-corrected chi connectivity index (χ3v) is 9.65. The maximum absolute atomic E-state index is 5.30. The van der Waals surface area contributed by atoms with Gasteiger partial charge in [-0.1, -0.05) is 6.55 Å². The van der Waals surface area contributed by atoms with Gasteiger partial charge in [0.2, 0.25) is 0 Å². The van der Waals surface area contributed by atoms with Gasteiger partial charge < -0.3 is 24.7 Å². The molecular formula is CH18O6Si7. The molecule has 0 aromatic carbocycles. The van der Waals surface area contributed by atoms with E-state index in [1.807, 2.05) is 0 Å². The molecule has 0 spiro atoms. The molecule has 13 heteroatoms. The van der Waals surface area contributed by atoms with Crippen LogP contribution in [-0.4, -0.2) is 70.3 Å². The standard InChI is InChI=1S/CH18O6Si7/c1-9-3-11-5-13-7-14-6-12-4-10-2-8/h9-14H2,1,8H3. The normalized spacial score (nSPS) is 16.1. The van der Waals surface area contributed by atoms with Crippen LogP contribution in [0.25, 0.3) is 0 Å². The Bertz CT molecular complexity index is 92.2. The first-order valence-electron chi connectivity index (χ1n) is 4.29. The maximum atomic E-state index is 5.30. The molecule has 0 saturated heterocycles. The molecule has 0 aromatic heterocycles. The third kappa shape index (κ3) is 13.3. The SMILES string of the molecule is C[SiH2]O[SiH2]O[SiH2]O[SiH2]O[SiH2]O[SiH2]O[SiH3]. The van der Waals surface area contributed by atoms with Crippen LogP contribution >= 0.6 is 0 Å². The Labute approximate surface area is 102 Å². The third-order valence-electron chi connectivity index (χ3n) is 1.07. The van der Waals surface area contributed by atoms with Crippen molar-refractivity contribution in [3.8, 4) is 0 Å². The summed E-state index contributed by atoms with van der Waals surface area (Å²) in [4.78, 5) is 0. The average molecular weight is 323 g/mol. The molecule has 0 saturated carbocycles. The molecule has 0 aliphatic rings. The Hall–Kier alpha value is 1.28. The van der Waals surface area contributed by atoms with Crippen molar-refractivity contribution in [1.29, 1.82) is 0 Å². The van der Waals surface area contributed by atoms with Gasteiger partial charge in [0.05, 0.1) is 0 Å². The van der Waals surface area contributed by atoms with Gasteiger partial charge >= 0.3 is 0 Å². The topological polar surface area (TPSA) is 55.4 Å². The van der Waals surface area contributed by atoms with Gasteiger partial charge in [-0.2, -0.15) is 0 Å². The second kappa shape index (κ2) is 14.3. The van der Waals surface area contributed by atoms with Gasteiger partial charge in [0.15, 0.2) is 0 Å². The lowest BCUT2D eigenvalue weighted by molar-refractivity contribution is 0.379. The Kier molecular flexibility index (Phi) is 15.6. The monoisotopic (exact) mass is 322 g/mol. The van der Waals surface area contributed by atoms with Crippen LogP contribution in [0.15, 0.2) is 0 Å². The van der Waals surface area contributed by atoms with Gasteiger partial charge in [0.1, 0.15) is 20.2 Å². The summed E-state index contributed by atoms with van der Waals surface area (Å²) in [6.07, 6.45) is 0. The van der Waals surface area contributed by atoms with Crippen molar-refractivity contribution in [2.24, 2.45) is 0 Å². The lowest BCUT2D eigenvalue weighted by Crippen LogP contribution is -2.18. The molecule has 0 aromatic rings. The summed E-state index contributed by atoms with van der Waals surface area (Å²) < 4.78 is 31.3. The second-order valence-corrected chi connectivity index (χ2v) is 14.4. The van der Waals surface area contributed by atoms with Crippen molar-refractivity contribution in [2.45, 2.75) is 6.55 Å². The van der Waals surface area contributed by atoms with Crippen molar-refractivity contribution in [1.82, 2.24) is 0 Å². The first-order valence-corrected chi connectivity index (χ1v) is 12.9. The van der Waals surface area contributed by atoms with Crippen LogP contribution in [0.1, 0.15) is 0 Å². The summed E-state index contributed by atoms with van der Waals surface area (Å²) >= 11 is 0. The minimum absolute atomic E-state index is 0.275. The first-order chi connectivity index (χ1) is 6.91. The molecule has 0 fully saturated rings. The van der Waals surface area contributed by atoms with E-state index >= 15 is 0 Å². The predicted molar refractivity (Wildman–Crippen MR) is 73.6 cm³/mol. The van der Waals surface area contributed by atoms with Gasteiger partial charge in [0.25, 0.3) is 50.0 Å². The first kappa shape index (κ1) is 15.3. The molecule has 86 valence electrons. The van der Waals surface area contributed by atoms with E-state index in [0.29, 0.717) is 0 Å². The highest BCUT2D eigenvalue weighted by Crippen LogP contribution is 1.75. The molecular weight excluding hydrogens is 305 g/mol. The van der Waals surface area contributed by atoms with Crippen LogP contribution in [0.2, 0.25) is 6.55 Å². The predicted octanol–water partition coefficient (Wildman–Crippen LogP) is -6.51. The quantitative estimate of drug-likeness (QED) is 0.279. The average Bonchev–Trinajstić information content (AvgIpc) is 2.21. The van der Waals surface area contributed by atoms with Gasteiger partial charge in [-0.05, 0) is 0 Å². The molecule has 6 nitrogen and oxygen atoms in total. The van der Waals surface area contributed by atoms with Gasteiger partial charge in [-0.15, -0.1) is 0 Å². The van der Waals surface area contributed by atoms with Gasteiger partial charge in [-0.3, -0.25) is 0 Å². The van der Waals surface area contributed by atoms with Crippen molar-refractivity contribution in [3.05, 3.63) is 0 Å². The summed E-state index contributed by atoms with van der Waals surface area (Å²) in [7, 11) is -3.31. The van der Waals surface area contributed by atoms with E-state index < -0.39 is 50.0 Å². The summed E-state index contributed by atoms with van der Waals surface area (Å²) in [6, 6.07) is 0. The molecule has 0 radical (unpaired) electrons. The van der Waals surface area contributed by atoms with Crippen LogP contribution in [0.5, 0.6) is 0 Å². The van der Waals surface area contributed by atoms with Crippen molar-refractivity contribution < 1.29 is 24.7 Å². The molecule has 0 heterocycles. The van der Waals surface area contributed by atoms with Crippen LogP contribution in [0.3, 0.4) is 0 Å². The molecule has 0 bridgehead atoms. The van der Waals surface area contributed by atoms with E-state index in [0.717, 1.165) is 10.5 Å². The zero-order valence-corrected chi connectivity index (χ0v) is 19.2. The second-order valence-electron chi connectivity index (χ2n) is 2.19. The van der Waals surface area contributed by atoms with E-state index in [-0.39, 0.29) is 9.76 Å². The van der Waals surface area contributed by atoms with Crippen molar-refractivity contribution >= 4 is 70.3 Å².